The minimum absolute atomic E-state index is 0.0747. The summed E-state index contributed by atoms with van der Waals surface area (Å²) in [6.07, 6.45) is 0.447. The second-order valence-corrected chi connectivity index (χ2v) is 4.00. The summed E-state index contributed by atoms with van der Waals surface area (Å²) in [4.78, 5) is 11.6. The number of carbonyl (C=O) groups is 1. The zero-order chi connectivity index (χ0) is 11.9. The number of rotatable bonds is 1. The summed E-state index contributed by atoms with van der Waals surface area (Å²) in [5.41, 5.74) is 1.98. The zero-order valence-electron chi connectivity index (χ0n) is 9.53. The monoisotopic (exact) mass is 222 g/mol. The molecule has 86 valence electrons. The summed E-state index contributed by atoms with van der Waals surface area (Å²) < 4.78 is 10.2. The number of aromatic hydroxyl groups is 1. The van der Waals surface area contributed by atoms with Crippen molar-refractivity contribution < 1.29 is 19.4 Å². The van der Waals surface area contributed by atoms with E-state index in [1.54, 1.807) is 7.11 Å². The number of phenolic OH excluding ortho intramolecular Hbond substituents is 1. The van der Waals surface area contributed by atoms with Crippen molar-refractivity contribution in [2.75, 3.05) is 7.11 Å². The Balaban J connectivity index is 2.66. The highest BCUT2D eigenvalue weighted by Gasteiger charge is 2.29. The number of carbonyl (C=O) groups excluding carboxylic acids is 1. The number of esters is 1. The smallest absolute Gasteiger partial charge is 0.342 e. The first-order chi connectivity index (χ1) is 7.54. The Bertz CT molecular complexity index is 451. The number of hydrogen-bond donors (Lipinski definition) is 1. The van der Waals surface area contributed by atoms with Gasteiger partial charge in [0.25, 0.3) is 0 Å². The highest BCUT2D eigenvalue weighted by atomic mass is 16.5. The van der Waals surface area contributed by atoms with E-state index >= 15 is 0 Å². The Kier molecular flexibility index (Phi) is 2.50. The van der Waals surface area contributed by atoms with Gasteiger partial charge in [-0.3, -0.25) is 0 Å². The molecule has 0 saturated heterocycles. The summed E-state index contributed by atoms with van der Waals surface area (Å²) >= 11 is 0. The van der Waals surface area contributed by atoms with Crippen LogP contribution in [0.3, 0.4) is 0 Å². The quantitative estimate of drug-likeness (QED) is 0.736. The van der Waals surface area contributed by atoms with Gasteiger partial charge in [0, 0.05) is 12.5 Å². The van der Waals surface area contributed by atoms with Crippen molar-refractivity contribution >= 4 is 5.97 Å². The number of ether oxygens (including phenoxy) is 2. The van der Waals surface area contributed by atoms with Crippen LogP contribution >= 0.6 is 0 Å². The molecule has 0 aliphatic carbocycles. The number of benzene rings is 1. The SMILES string of the molecule is COc1cc(O)c2c(c1C)CC(C)OC2=O. The van der Waals surface area contributed by atoms with Crippen LogP contribution in [0.4, 0.5) is 0 Å². The first kappa shape index (κ1) is 10.8. The predicted octanol–water partition coefficient (Wildman–Crippen LogP) is 1.81. The lowest BCUT2D eigenvalue weighted by atomic mass is 9.93. The third-order valence-electron chi connectivity index (χ3n) is 2.87. The summed E-state index contributed by atoms with van der Waals surface area (Å²) in [5.74, 6) is 0.0597. The fourth-order valence-electron chi connectivity index (χ4n) is 2.06. The molecule has 4 heteroatoms. The molecule has 0 saturated carbocycles. The largest absolute Gasteiger partial charge is 0.507 e. The van der Waals surface area contributed by atoms with E-state index in [0.717, 1.165) is 11.1 Å². The number of hydrogen-bond acceptors (Lipinski definition) is 4. The summed E-state index contributed by atoms with van der Waals surface area (Å²) in [7, 11) is 1.54. The van der Waals surface area contributed by atoms with Crippen molar-refractivity contribution in [1.29, 1.82) is 0 Å². The second-order valence-electron chi connectivity index (χ2n) is 4.00. The van der Waals surface area contributed by atoms with Crippen molar-refractivity contribution in [3.63, 3.8) is 0 Å². The maximum Gasteiger partial charge on any atom is 0.342 e. The normalized spacial score (nSPS) is 18.9. The van der Waals surface area contributed by atoms with Gasteiger partial charge in [0.05, 0.1) is 7.11 Å². The highest BCUT2D eigenvalue weighted by Crippen LogP contribution is 2.36. The summed E-state index contributed by atoms with van der Waals surface area (Å²) in [6.45, 7) is 3.71. The molecule has 2 rings (SSSR count). The van der Waals surface area contributed by atoms with E-state index in [1.165, 1.54) is 6.07 Å². The molecule has 1 aromatic carbocycles. The molecule has 0 aromatic heterocycles. The van der Waals surface area contributed by atoms with Crippen molar-refractivity contribution in [2.45, 2.75) is 26.4 Å². The van der Waals surface area contributed by atoms with Crippen molar-refractivity contribution in [3.05, 3.63) is 22.8 Å². The molecule has 1 heterocycles. The molecule has 4 nitrogen and oxygen atoms in total. The van der Waals surface area contributed by atoms with Gasteiger partial charge in [-0.15, -0.1) is 0 Å². The predicted molar refractivity (Wildman–Crippen MR) is 58.0 cm³/mol. The molecule has 1 unspecified atom stereocenters. The first-order valence-corrected chi connectivity index (χ1v) is 5.15. The molecular formula is C12H14O4. The lowest BCUT2D eigenvalue weighted by molar-refractivity contribution is 0.0296. The fourth-order valence-corrected chi connectivity index (χ4v) is 2.06. The zero-order valence-corrected chi connectivity index (χ0v) is 9.53. The van der Waals surface area contributed by atoms with Gasteiger partial charge in [-0.1, -0.05) is 0 Å². The van der Waals surface area contributed by atoms with E-state index in [-0.39, 0.29) is 17.4 Å². The van der Waals surface area contributed by atoms with E-state index in [9.17, 15) is 9.90 Å². The molecular weight excluding hydrogens is 208 g/mol. The molecule has 1 atom stereocenters. The van der Waals surface area contributed by atoms with Gasteiger partial charge >= 0.3 is 5.97 Å². The number of cyclic esters (lactones) is 1. The number of methoxy groups -OCH3 is 1. The van der Waals surface area contributed by atoms with Gasteiger partial charge in [0.2, 0.25) is 0 Å². The van der Waals surface area contributed by atoms with Gasteiger partial charge in [-0.25, -0.2) is 4.79 Å². The van der Waals surface area contributed by atoms with E-state index in [2.05, 4.69) is 0 Å². The third kappa shape index (κ3) is 1.50. The van der Waals surface area contributed by atoms with E-state index < -0.39 is 5.97 Å². The fraction of sp³-hybridized carbons (Fsp3) is 0.417. The lowest BCUT2D eigenvalue weighted by Gasteiger charge is -2.24. The van der Waals surface area contributed by atoms with Crippen LogP contribution in [-0.4, -0.2) is 24.3 Å². The second kappa shape index (κ2) is 3.70. The summed E-state index contributed by atoms with van der Waals surface area (Å²) in [5, 5.41) is 9.77. The van der Waals surface area contributed by atoms with Gasteiger partial charge in [-0.05, 0) is 25.0 Å². The minimum atomic E-state index is -0.461. The Labute approximate surface area is 93.8 Å². The Morgan fingerprint density at radius 2 is 2.25 bits per heavy atom. The van der Waals surface area contributed by atoms with Crippen LogP contribution in [0.1, 0.15) is 28.4 Å². The topological polar surface area (TPSA) is 55.8 Å². The Morgan fingerprint density at radius 3 is 2.88 bits per heavy atom. The molecule has 0 bridgehead atoms. The van der Waals surface area contributed by atoms with Crippen molar-refractivity contribution in [2.24, 2.45) is 0 Å². The molecule has 0 amide bonds. The van der Waals surface area contributed by atoms with Crippen LogP contribution in [0, 0.1) is 6.92 Å². The third-order valence-corrected chi connectivity index (χ3v) is 2.87. The van der Waals surface area contributed by atoms with Crippen LogP contribution in [-0.2, 0) is 11.2 Å². The van der Waals surface area contributed by atoms with Gasteiger partial charge < -0.3 is 14.6 Å². The van der Waals surface area contributed by atoms with Crippen LogP contribution in [0.5, 0.6) is 11.5 Å². The molecule has 0 radical (unpaired) electrons. The molecule has 1 aromatic rings. The Hall–Kier alpha value is -1.71. The molecule has 0 fully saturated rings. The number of phenols is 1. The van der Waals surface area contributed by atoms with Crippen molar-refractivity contribution in [3.8, 4) is 11.5 Å². The maximum atomic E-state index is 11.6. The van der Waals surface area contributed by atoms with Gasteiger partial charge in [-0.2, -0.15) is 0 Å². The standard InChI is InChI=1S/C12H14O4/c1-6-4-8-7(2)10(15-3)5-9(13)11(8)12(14)16-6/h5-6,13H,4H2,1-3H3. The Morgan fingerprint density at radius 1 is 1.56 bits per heavy atom. The molecule has 16 heavy (non-hydrogen) atoms. The summed E-state index contributed by atoms with van der Waals surface area (Å²) in [6, 6.07) is 1.45. The van der Waals surface area contributed by atoms with Crippen molar-refractivity contribution in [1.82, 2.24) is 0 Å². The highest BCUT2D eigenvalue weighted by molar-refractivity contribution is 5.96. The number of fused-ring (bicyclic) bond motifs is 1. The average molecular weight is 222 g/mol. The maximum absolute atomic E-state index is 11.6. The molecule has 1 aliphatic heterocycles. The van der Waals surface area contributed by atoms with E-state index in [1.807, 2.05) is 13.8 Å². The molecule has 0 spiro atoms. The molecule has 1 N–H and O–H groups in total. The van der Waals surface area contributed by atoms with Crippen LogP contribution in [0.15, 0.2) is 6.07 Å². The van der Waals surface area contributed by atoms with Crippen LogP contribution in [0.2, 0.25) is 0 Å². The van der Waals surface area contributed by atoms with Crippen LogP contribution in [0.25, 0.3) is 0 Å². The van der Waals surface area contributed by atoms with Gasteiger partial charge in [0.1, 0.15) is 23.2 Å². The first-order valence-electron chi connectivity index (χ1n) is 5.15. The minimum Gasteiger partial charge on any atom is -0.507 e. The van der Waals surface area contributed by atoms with E-state index in [0.29, 0.717) is 12.2 Å². The van der Waals surface area contributed by atoms with Crippen LogP contribution < -0.4 is 4.74 Å². The average Bonchev–Trinajstić information content (AvgIpc) is 2.22. The molecule has 1 aliphatic rings. The van der Waals surface area contributed by atoms with E-state index in [4.69, 9.17) is 9.47 Å². The lowest BCUT2D eigenvalue weighted by Crippen LogP contribution is -2.26. The van der Waals surface area contributed by atoms with Gasteiger partial charge in [0.15, 0.2) is 0 Å².